The summed E-state index contributed by atoms with van der Waals surface area (Å²) in [5.74, 6) is 0.301. The Morgan fingerprint density at radius 2 is 1.88 bits per heavy atom. The summed E-state index contributed by atoms with van der Waals surface area (Å²) in [6.07, 6.45) is 1.33. The van der Waals surface area contributed by atoms with Gasteiger partial charge < -0.3 is 20.1 Å². The van der Waals surface area contributed by atoms with Crippen molar-refractivity contribution < 1.29 is 18.5 Å². The van der Waals surface area contributed by atoms with Crippen LogP contribution in [-0.2, 0) is 22.6 Å². The number of hydrogen-bond acceptors (Lipinski definition) is 6. The first-order valence-corrected chi connectivity index (χ1v) is 10.3. The third-order valence-electron chi connectivity index (χ3n) is 4.53. The number of anilines is 1. The van der Waals surface area contributed by atoms with Crippen LogP contribution in [0.1, 0.15) is 24.3 Å². The molecule has 0 aliphatic heterocycles. The van der Waals surface area contributed by atoms with Gasteiger partial charge in [0.25, 0.3) is 0 Å². The summed E-state index contributed by atoms with van der Waals surface area (Å²) in [5.41, 5.74) is 2.25. The second-order valence-corrected chi connectivity index (χ2v) is 7.64. The highest BCUT2D eigenvalue weighted by Gasteiger charge is 2.10. The number of carbonyl (C=O) groups is 2. The molecule has 2 amide bonds. The zero-order chi connectivity index (χ0) is 22.9. The van der Waals surface area contributed by atoms with Gasteiger partial charge in [0.2, 0.25) is 23.5 Å². The van der Waals surface area contributed by atoms with Gasteiger partial charge in [-0.2, -0.15) is 4.98 Å². The zero-order valence-corrected chi connectivity index (χ0v) is 18.1. The van der Waals surface area contributed by atoms with Gasteiger partial charge in [0, 0.05) is 30.6 Å². The SMILES string of the molecule is CN(C)CC(=O)Nc1cccc(CNC(=O)CCCc2nc(-c3ccc(F)cc3)no2)c1. The van der Waals surface area contributed by atoms with Gasteiger partial charge in [-0.1, -0.05) is 17.3 Å². The summed E-state index contributed by atoms with van der Waals surface area (Å²) in [6.45, 7) is 0.665. The highest BCUT2D eigenvalue weighted by Crippen LogP contribution is 2.17. The molecule has 168 valence electrons. The predicted octanol–water partition coefficient (Wildman–Crippen LogP) is 3.01. The first-order chi connectivity index (χ1) is 15.4. The molecule has 0 spiro atoms. The van der Waals surface area contributed by atoms with Gasteiger partial charge in [0.15, 0.2) is 0 Å². The Morgan fingerprint density at radius 1 is 1.09 bits per heavy atom. The van der Waals surface area contributed by atoms with Gasteiger partial charge in [-0.25, -0.2) is 4.39 Å². The first-order valence-electron chi connectivity index (χ1n) is 10.3. The molecule has 0 aliphatic rings. The molecule has 1 aromatic heterocycles. The highest BCUT2D eigenvalue weighted by molar-refractivity contribution is 5.92. The van der Waals surface area contributed by atoms with Crippen LogP contribution in [0.3, 0.4) is 0 Å². The fourth-order valence-corrected chi connectivity index (χ4v) is 3.01. The number of nitrogens with one attached hydrogen (secondary N) is 2. The lowest BCUT2D eigenvalue weighted by Gasteiger charge is -2.11. The van der Waals surface area contributed by atoms with Crippen LogP contribution in [0.25, 0.3) is 11.4 Å². The normalized spacial score (nSPS) is 10.9. The van der Waals surface area contributed by atoms with Crippen molar-refractivity contribution in [1.82, 2.24) is 20.4 Å². The molecule has 3 rings (SSSR count). The molecule has 3 aromatic rings. The Labute approximate surface area is 185 Å². The predicted molar refractivity (Wildman–Crippen MR) is 118 cm³/mol. The number of amides is 2. The maximum Gasteiger partial charge on any atom is 0.238 e. The Balaban J connectivity index is 1.41. The number of aryl methyl sites for hydroxylation is 1. The van der Waals surface area contributed by atoms with E-state index in [9.17, 15) is 14.0 Å². The van der Waals surface area contributed by atoms with E-state index < -0.39 is 0 Å². The number of carbonyl (C=O) groups excluding carboxylic acids is 2. The molecule has 8 nitrogen and oxygen atoms in total. The van der Waals surface area contributed by atoms with E-state index in [-0.39, 0.29) is 17.6 Å². The van der Waals surface area contributed by atoms with E-state index in [1.54, 1.807) is 17.0 Å². The van der Waals surface area contributed by atoms with Crippen molar-refractivity contribution in [3.05, 3.63) is 65.8 Å². The lowest BCUT2D eigenvalue weighted by atomic mass is 10.2. The van der Waals surface area contributed by atoms with E-state index in [1.165, 1.54) is 12.1 Å². The van der Waals surface area contributed by atoms with E-state index in [1.807, 2.05) is 38.4 Å². The van der Waals surface area contributed by atoms with E-state index >= 15 is 0 Å². The lowest BCUT2D eigenvalue weighted by Crippen LogP contribution is -2.27. The topological polar surface area (TPSA) is 100 Å². The smallest absolute Gasteiger partial charge is 0.238 e. The molecule has 0 bridgehead atoms. The van der Waals surface area contributed by atoms with Crippen molar-refractivity contribution in [1.29, 1.82) is 0 Å². The Kier molecular flexibility index (Phi) is 8.04. The molecule has 0 atom stereocenters. The van der Waals surface area contributed by atoms with Crippen LogP contribution in [0, 0.1) is 5.82 Å². The highest BCUT2D eigenvalue weighted by atomic mass is 19.1. The number of hydrogen-bond donors (Lipinski definition) is 2. The number of benzene rings is 2. The van der Waals surface area contributed by atoms with Crippen molar-refractivity contribution >= 4 is 17.5 Å². The van der Waals surface area contributed by atoms with Crippen LogP contribution < -0.4 is 10.6 Å². The molecule has 2 N–H and O–H groups in total. The summed E-state index contributed by atoms with van der Waals surface area (Å²) < 4.78 is 18.2. The molecule has 0 fully saturated rings. The van der Waals surface area contributed by atoms with Crippen LogP contribution >= 0.6 is 0 Å². The fourth-order valence-electron chi connectivity index (χ4n) is 3.01. The zero-order valence-electron chi connectivity index (χ0n) is 18.1. The van der Waals surface area contributed by atoms with Gasteiger partial charge in [0.05, 0.1) is 6.54 Å². The second kappa shape index (κ2) is 11.1. The molecule has 2 aromatic carbocycles. The minimum atomic E-state index is -0.329. The summed E-state index contributed by atoms with van der Waals surface area (Å²) >= 11 is 0. The molecule has 32 heavy (non-hydrogen) atoms. The fraction of sp³-hybridized carbons (Fsp3) is 0.304. The molecule has 0 aliphatic carbocycles. The molecule has 9 heteroatoms. The quantitative estimate of drug-likeness (QED) is 0.504. The summed E-state index contributed by atoms with van der Waals surface area (Å²) in [6, 6.07) is 13.2. The van der Waals surface area contributed by atoms with Crippen molar-refractivity contribution in [3.63, 3.8) is 0 Å². The Bertz CT molecular complexity index is 1050. The van der Waals surface area contributed by atoms with Gasteiger partial charge in [-0.3, -0.25) is 9.59 Å². The van der Waals surface area contributed by atoms with Gasteiger partial charge >= 0.3 is 0 Å². The second-order valence-electron chi connectivity index (χ2n) is 7.64. The van der Waals surface area contributed by atoms with E-state index in [0.717, 1.165) is 5.56 Å². The summed E-state index contributed by atoms with van der Waals surface area (Å²) in [4.78, 5) is 30.1. The van der Waals surface area contributed by atoms with Crippen LogP contribution in [0.15, 0.2) is 53.1 Å². The number of nitrogens with zero attached hydrogens (tertiary/aromatic N) is 3. The van der Waals surface area contributed by atoms with Crippen molar-refractivity contribution in [2.24, 2.45) is 0 Å². The first kappa shape index (κ1) is 23.1. The maximum atomic E-state index is 13.0. The monoisotopic (exact) mass is 439 g/mol. The molecular formula is C23H26FN5O3. The average molecular weight is 439 g/mol. The average Bonchev–Trinajstić information content (AvgIpc) is 3.21. The number of rotatable bonds is 10. The van der Waals surface area contributed by atoms with Gasteiger partial charge in [0.1, 0.15) is 5.82 Å². The van der Waals surface area contributed by atoms with Crippen molar-refractivity contribution in [2.45, 2.75) is 25.8 Å². The summed E-state index contributed by atoms with van der Waals surface area (Å²) in [7, 11) is 3.66. The Hall–Kier alpha value is -3.59. The standard InChI is InChI=1S/C23H26FN5O3/c1-29(2)15-21(31)26-19-6-3-5-16(13-19)14-25-20(30)7-4-8-22-27-23(28-32-22)17-9-11-18(24)12-10-17/h3,5-6,9-13H,4,7-8,14-15H2,1-2H3,(H,25,30)(H,26,31). The third kappa shape index (κ3) is 7.28. The molecule has 1 heterocycles. The molecule has 0 saturated heterocycles. The lowest BCUT2D eigenvalue weighted by molar-refractivity contribution is -0.121. The number of aromatic nitrogens is 2. The number of halogens is 1. The largest absolute Gasteiger partial charge is 0.352 e. The van der Waals surface area contributed by atoms with E-state index in [4.69, 9.17) is 4.52 Å². The molecule has 0 saturated carbocycles. The third-order valence-corrected chi connectivity index (χ3v) is 4.53. The molecule has 0 radical (unpaired) electrons. The van der Waals surface area contributed by atoms with Crippen LogP contribution in [-0.4, -0.2) is 47.5 Å². The molecule has 0 unspecified atom stereocenters. The Morgan fingerprint density at radius 3 is 2.62 bits per heavy atom. The summed E-state index contributed by atoms with van der Waals surface area (Å²) in [5, 5.41) is 9.60. The van der Waals surface area contributed by atoms with Crippen LogP contribution in [0.2, 0.25) is 0 Å². The minimum Gasteiger partial charge on any atom is -0.352 e. The minimum absolute atomic E-state index is 0.0923. The van der Waals surface area contributed by atoms with Crippen LogP contribution in [0.5, 0.6) is 0 Å². The maximum absolute atomic E-state index is 13.0. The van der Waals surface area contributed by atoms with Gasteiger partial charge in [-0.05, 0) is 62.5 Å². The van der Waals surface area contributed by atoms with Crippen molar-refractivity contribution in [2.75, 3.05) is 26.0 Å². The van der Waals surface area contributed by atoms with Gasteiger partial charge in [-0.15, -0.1) is 0 Å². The van der Waals surface area contributed by atoms with E-state index in [0.29, 0.717) is 55.3 Å². The van der Waals surface area contributed by atoms with Crippen molar-refractivity contribution in [3.8, 4) is 11.4 Å². The molecular weight excluding hydrogens is 413 g/mol. The van der Waals surface area contributed by atoms with Crippen LogP contribution in [0.4, 0.5) is 10.1 Å². The number of likely N-dealkylation sites (N-methyl/N-ethyl adjacent to an activating group) is 1. The van der Waals surface area contributed by atoms with E-state index in [2.05, 4.69) is 20.8 Å².